The lowest BCUT2D eigenvalue weighted by Gasteiger charge is -2.34. The fourth-order valence-electron chi connectivity index (χ4n) is 6.53. The molecule has 1 aliphatic heterocycles. The van der Waals surface area contributed by atoms with Gasteiger partial charge in [-0.05, 0) is 83.9 Å². The van der Waals surface area contributed by atoms with Crippen LogP contribution in [0, 0.1) is 0 Å². The van der Waals surface area contributed by atoms with Gasteiger partial charge in [-0.15, -0.1) is 0 Å². The van der Waals surface area contributed by atoms with Crippen molar-refractivity contribution >= 4 is 23.9 Å². The fourth-order valence-corrected chi connectivity index (χ4v) is 6.53. The van der Waals surface area contributed by atoms with Crippen LogP contribution in [0.5, 0.6) is 28.7 Å². The highest BCUT2D eigenvalue weighted by Crippen LogP contribution is 2.44. The van der Waals surface area contributed by atoms with Crippen molar-refractivity contribution in [1.82, 2.24) is 0 Å². The standard InChI is InChI=1S/C50H36O10/c51-47(35-15-7-2-8-16-35)56-40-27-21-34(22-28-40)46-45(60-50(54)38-23-25-39(26-24-38)55-32-33-13-5-1-6-14-33)31-42-43(58-46)29-41(57-48(52)36-17-9-3-10-18-36)30-44(42)59-49(53)37-19-11-4-12-20-37/h1-30,45-46H,31-32H2/t45-,46-/m1/s1. The Morgan fingerprint density at radius 1 is 0.483 bits per heavy atom. The summed E-state index contributed by atoms with van der Waals surface area (Å²) in [6, 6.07) is 51.5. The fraction of sp³-hybridized carbons (Fsp3) is 0.0800. The Kier molecular flexibility index (Phi) is 11.7. The molecule has 0 N–H and O–H groups in total. The van der Waals surface area contributed by atoms with Gasteiger partial charge in [-0.1, -0.05) is 97.1 Å². The van der Waals surface area contributed by atoms with Gasteiger partial charge in [0.05, 0.1) is 22.3 Å². The van der Waals surface area contributed by atoms with Crippen molar-refractivity contribution in [3.8, 4) is 28.7 Å². The summed E-state index contributed by atoms with van der Waals surface area (Å²) in [5, 5.41) is 0. The van der Waals surface area contributed by atoms with Crippen LogP contribution in [0.4, 0.5) is 0 Å². The summed E-state index contributed by atoms with van der Waals surface area (Å²) in [5.41, 5.74) is 3.26. The zero-order valence-corrected chi connectivity index (χ0v) is 32.0. The maximum atomic E-state index is 13.8. The minimum atomic E-state index is -0.955. The van der Waals surface area contributed by atoms with Crippen molar-refractivity contribution in [3.05, 3.63) is 221 Å². The number of carbonyl (C=O) groups excluding carboxylic acids is 4. The summed E-state index contributed by atoms with van der Waals surface area (Å²) in [6.45, 7) is 0.361. The number of ether oxygens (including phenoxy) is 6. The number of esters is 4. The van der Waals surface area contributed by atoms with Crippen LogP contribution in [-0.2, 0) is 17.8 Å². The van der Waals surface area contributed by atoms with Gasteiger partial charge in [0.1, 0.15) is 41.5 Å². The van der Waals surface area contributed by atoms with E-state index in [1.54, 1.807) is 140 Å². The predicted molar refractivity (Wildman–Crippen MR) is 221 cm³/mol. The molecule has 0 radical (unpaired) electrons. The monoisotopic (exact) mass is 796 g/mol. The number of hydrogen-bond acceptors (Lipinski definition) is 10. The molecule has 10 heteroatoms. The maximum absolute atomic E-state index is 13.8. The number of rotatable bonds is 12. The molecule has 0 saturated carbocycles. The first kappa shape index (κ1) is 38.9. The summed E-state index contributed by atoms with van der Waals surface area (Å²) >= 11 is 0. The molecule has 60 heavy (non-hydrogen) atoms. The number of fused-ring (bicyclic) bond motifs is 1. The van der Waals surface area contributed by atoms with Gasteiger partial charge >= 0.3 is 23.9 Å². The molecule has 0 bridgehead atoms. The van der Waals surface area contributed by atoms with Crippen molar-refractivity contribution in [3.63, 3.8) is 0 Å². The number of benzene rings is 7. The second-order valence-corrected chi connectivity index (χ2v) is 13.7. The SMILES string of the molecule is O=C(Oc1ccc([C@H]2Oc3cc(OC(=O)c4ccccc4)cc(OC(=O)c4ccccc4)c3C[C@H]2OC(=O)c2ccc(OCc3ccccc3)cc2)cc1)c1ccccc1. The van der Waals surface area contributed by atoms with Crippen molar-refractivity contribution in [2.24, 2.45) is 0 Å². The van der Waals surface area contributed by atoms with Crippen molar-refractivity contribution in [2.45, 2.75) is 25.2 Å². The molecule has 0 aliphatic carbocycles. The summed E-state index contributed by atoms with van der Waals surface area (Å²) < 4.78 is 36.1. The summed E-state index contributed by atoms with van der Waals surface area (Å²) in [5.74, 6) is -1.23. The Morgan fingerprint density at radius 3 is 1.53 bits per heavy atom. The zero-order chi connectivity index (χ0) is 41.3. The highest BCUT2D eigenvalue weighted by atomic mass is 16.6. The van der Waals surface area contributed by atoms with Gasteiger partial charge in [0.25, 0.3) is 0 Å². The molecule has 7 aromatic carbocycles. The zero-order valence-electron chi connectivity index (χ0n) is 32.0. The smallest absolute Gasteiger partial charge is 0.343 e. The number of carbonyl (C=O) groups is 4. The first-order valence-corrected chi connectivity index (χ1v) is 19.1. The lowest BCUT2D eigenvalue weighted by atomic mass is 9.93. The van der Waals surface area contributed by atoms with E-state index in [9.17, 15) is 19.2 Å². The van der Waals surface area contributed by atoms with Crippen LogP contribution in [0.25, 0.3) is 0 Å². The van der Waals surface area contributed by atoms with Crippen molar-refractivity contribution in [2.75, 3.05) is 0 Å². The first-order chi connectivity index (χ1) is 29.4. The van der Waals surface area contributed by atoms with Gasteiger partial charge in [0, 0.05) is 24.1 Å². The second kappa shape index (κ2) is 18.1. The second-order valence-electron chi connectivity index (χ2n) is 13.7. The third-order valence-corrected chi connectivity index (χ3v) is 9.60. The Bertz CT molecular complexity index is 2600. The highest BCUT2D eigenvalue weighted by Gasteiger charge is 2.37. The molecule has 1 heterocycles. The maximum Gasteiger partial charge on any atom is 0.343 e. The van der Waals surface area contributed by atoms with E-state index in [1.165, 1.54) is 12.1 Å². The Hall–Kier alpha value is -7.98. The van der Waals surface area contributed by atoms with Gasteiger partial charge in [0.15, 0.2) is 6.10 Å². The number of hydrogen-bond donors (Lipinski definition) is 0. The Labute approximate surface area is 345 Å². The van der Waals surface area contributed by atoms with Crippen LogP contribution in [0.15, 0.2) is 182 Å². The summed E-state index contributed by atoms with van der Waals surface area (Å²) in [6.07, 6.45) is -1.82. The van der Waals surface area contributed by atoms with Crippen LogP contribution in [0.1, 0.15) is 64.2 Å². The van der Waals surface area contributed by atoms with E-state index in [0.29, 0.717) is 40.2 Å². The molecule has 0 spiro atoms. The van der Waals surface area contributed by atoms with Crippen molar-refractivity contribution in [1.29, 1.82) is 0 Å². The average Bonchev–Trinajstić information content (AvgIpc) is 3.30. The molecule has 1 aliphatic rings. The topological polar surface area (TPSA) is 124 Å². The van der Waals surface area contributed by atoms with Gasteiger partial charge in [0.2, 0.25) is 0 Å². The molecule has 7 aromatic rings. The van der Waals surface area contributed by atoms with Crippen LogP contribution in [0.2, 0.25) is 0 Å². The van der Waals surface area contributed by atoms with Crippen LogP contribution < -0.4 is 23.7 Å². The van der Waals surface area contributed by atoms with E-state index in [4.69, 9.17) is 28.4 Å². The van der Waals surface area contributed by atoms with Crippen LogP contribution >= 0.6 is 0 Å². The largest absolute Gasteiger partial charge is 0.489 e. The van der Waals surface area contributed by atoms with E-state index in [0.717, 1.165) is 5.56 Å². The van der Waals surface area contributed by atoms with Gasteiger partial charge in [-0.2, -0.15) is 0 Å². The van der Waals surface area contributed by atoms with Crippen LogP contribution in [0.3, 0.4) is 0 Å². The first-order valence-electron chi connectivity index (χ1n) is 19.1. The van der Waals surface area contributed by atoms with E-state index in [1.807, 2.05) is 30.3 Å². The lowest BCUT2D eigenvalue weighted by Crippen LogP contribution is -2.35. The average molecular weight is 797 g/mol. The molecule has 2 atom stereocenters. The molecule has 296 valence electrons. The van der Waals surface area contributed by atoms with Crippen molar-refractivity contribution < 1.29 is 47.6 Å². The molecular weight excluding hydrogens is 761 g/mol. The van der Waals surface area contributed by atoms with Crippen LogP contribution in [-0.4, -0.2) is 30.0 Å². The lowest BCUT2D eigenvalue weighted by molar-refractivity contribution is -0.0189. The third kappa shape index (κ3) is 9.41. The molecule has 0 amide bonds. The van der Waals surface area contributed by atoms with E-state index < -0.39 is 36.1 Å². The summed E-state index contributed by atoms with van der Waals surface area (Å²) in [4.78, 5) is 53.2. The Morgan fingerprint density at radius 2 is 0.967 bits per heavy atom. The summed E-state index contributed by atoms with van der Waals surface area (Å²) in [7, 11) is 0. The van der Waals surface area contributed by atoms with Gasteiger partial charge in [-0.25, -0.2) is 19.2 Å². The highest BCUT2D eigenvalue weighted by molar-refractivity contribution is 5.93. The molecule has 10 nitrogen and oxygen atoms in total. The molecule has 0 saturated heterocycles. The normalized spacial score (nSPS) is 14.1. The van der Waals surface area contributed by atoms with E-state index in [-0.39, 0.29) is 35.0 Å². The third-order valence-electron chi connectivity index (χ3n) is 9.60. The predicted octanol–water partition coefficient (Wildman–Crippen LogP) is 9.82. The quantitative estimate of drug-likeness (QED) is 0.0872. The molecular formula is C50H36O10. The Balaban J connectivity index is 1.10. The minimum Gasteiger partial charge on any atom is -0.489 e. The molecule has 0 fully saturated rings. The van der Waals surface area contributed by atoms with Gasteiger partial charge in [-0.3, -0.25) is 0 Å². The van der Waals surface area contributed by atoms with E-state index in [2.05, 4.69) is 0 Å². The van der Waals surface area contributed by atoms with Gasteiger partial charge < -0.3 is 28.4 Å². The van der Waals surface area contributed by atoms with E-state index >= 15 is 0 Å². The molecule has 8 rings (SSSR count). The minimum absolute atomic E-state index is 0.0407. The molecule has 0 aromatic heterocycles. The molecule has 0 unspecified atom stereocenters.